The summed E-state index contributed by atoms with van der Waals surface area (Å²) in [4.78, 5) is 4.44. The Bertz CT molecular complexity index is 531. The predicted octanol–water partition coefficient (Wildman–Crippen LogP) is 4.19. The van der Waals surface area contributed by atoms with Gasteiger partial charge in [0.1, 0.15) is 0 Å². The van der Waals surface area contributed by atoms with E-state index in [9.17, 15) is 0 Å². The third-order valence-electron chi connectivity index (χ3n) is 3.83. The van der Waals surface area contributed by atoms with Gasteiger partial charge in [-0.25, -0.2) is 0 Å². The molecule has 0 fully saturated rings. The second kappa shape index (κ2) is 7.20. The highest BCUT2D eigenvalue weighted by Crippen LogP contribution is 2.18. The van der Waals surface area contributed by atoms with E-state index in [4.69, 9.17) is 0 Å². The third-order valence-corrected chi connectivity index (χ3v) is 3.83. The van der Waals surface area contributed by atoms with Crippen LogP contribution in [0.15, 0.2) is 42.6 Å². The van der Waals surface area contributed by atoms with Crippen LogP contribution in [0, 0.1) is 6.92 Å². The largest absolute Gasteiger partial charge is 0.304 e. The Morgan fingerprint density at radius 2 is 1.85 bits per heavy atom. The smallest absolute Gasteiger partial charge is 0.0570 e. The van der Waals surface area contributed by atoms with Crippen LogP contribution in [0.5, 0.6) is 0 Å². The average Bonchev–Trinajstić information content (AvgIpc) is 2.50. The molecule has 20 heavy (non-hydrogen) atoms. The molecular formula is C18H24N2. The lowest BCUT2D eigenvalue weighted by Gasteiger charge is -2.18. The Balaban J connectivity index is 2.03. The first-order valence-corrected chi connectivity index (χ1v) is 7.47. The van der Waals surface area contributed by atoms with Crippen LogP contribution in [0.4, 0.5) is 0 Å². The molecule has 1 N–H and O–H groups in total. The lowest BCUT2D eigenvalue weighted by Crippen LogP contribution is -2.21. The van der Waals surface area contributed by atoms with Gasteiger partial charge in [0.05, 0.1) is 5.69 Å². The van der Waals surface area contributed by atoms with E-state index in [0.29, 0.717) is 6.04 Å². The van der Waals surface area contributed by atoms with Gasteiger partial charge in [-0.15, -0.1) is 0 Å². The molecule has 1 atom stereocenters. The minimum atomic E-state index is 0.391. The van der Waals surface area contributed by atoms with Gasteiger partial charge in [-0.1, -0.05) is 44.2 Å². The summed E-state index contributed by atoms with van der Waals surface area (Å²) in [7, 11) is 0. The number of nitrogens with one attached hydrogen (secondary N) is 1. The van der Waals surface area contributed by atoms with Gasteiger partial charge in [-0.3, -0.25) is 4.98 Å². The molecule has 0 aliphatic heterocycles. The molecule has 0 spiro atoms. The van der Waals surface area contributed by atoms with Crippen molar-refractivity contribution < 1.29 is 0 Å². The Hall–Kier alpha value is -1.67. The van der Waals surface area contributed by atoms with Gasteiger partial charge in [0, 0.05) is 18.8 Å². The summed E-state index contributed by atoms with van der Waals surface area (Å²) < 4.78 is 0. The molecule has 2 nitrogen and oxygen atoms in total. The summed E-state index contributed by atoms with van der Waals surface area (Å²) in [6.07, 6.45) is 4.04. The first-order chi connectivity index (χ1) is 9.74. The number of aromatic nitrogens is 1. The van der Waals surface area contributed by atoms with Crippen LogP contribution in [-0.4, -0.2) is 4.98 Å². The minimum absolute atomic E-state index is 0.391. The molecule has 0 amide bonds. The summed E-state index contributed by atoms with van der Waals surface area (Å²) in [5, 5.41) is 3.62. The van der Waals surface area contributed by atoms with Crippen molar-refractivity contribution in [3.63, 3.8) is 0 Å². The molecule has 0 radical (unpaired) electrons. The van der Waals surface area contributed by atoms with E-state index in [1.165, 1.54) is 16.7 Å². The van der Waals surface area contributed by atoms with Crippen molar-refractivity contribution in [3.05, 3.63) is 65.0 Å². The van der Waals surface area contributed by atoms with Gasteiger partial charge in [0.15, 0.2) is 0 Å². The Morgan fingerprint density at radius 3 is 2.45 bits per heavy atom. The number of hydrogen-bond donors (Lipinski definition) is 1. The molecule has 2 rings (SSSR count). The fraction of sp³-hybridized carbons (Fsp3) is 0.389. The first-order valence-electron chi connectivity index (χ1n) is 7.47. The van der Waals surface area contributed by atoms with Crippen molar-refractivity contribution in [3.8, 4) is 0 Å². The van der Waals surface area contributed by atoms with Crippen LogP contribution in [-0.2, 0) is 13.0 Å². The van der Waals surface area contributed by atoms with Crippen molar-refractivity contribution in [2.45, 2.75) is 46.2 Å². The molecule has 106 valence electrons. The normalized spacial score (nSPS) is 12.3. The molecule has 1 aromatic carbocycles. The summed E-state index contributed by atoms with van der Waals surface area (Å²) in [6, 6.07) is 13.4. The SMILES string of the molecule is CCc1ccc(C(CC)NCc2ncccc2C)cc1. The molecule has 1 heterocycles. The molecule has 0 saturated carbocycles. The van der Waals surface area contributed by atoms with Gasteiger partial charge >= 0.3 is 0 Å². The monoisotopic (exact) mass is 268 g/mol. The van der Waals surface area contributed by atoms with Crippen LogP contribution in [0.3, 0.4) is 0 Å². The van der Waals surface area contributed by atoms with E-state index in [-0.39, 0.29) is 0 Å². The summed E-state index contributed by atoms with van der Waals surface area (Å²) in [5.74, 6) is 0. The summed E-state index contributed by atoms with van der Waals surface area (Å²) >= 11 is 0. The second-order valence-corrected chi connectivity index (χ2v) is 5.20. The van der Waals surface area contributed by atoms with Crippen LogP contribution in [0.2, 0.25) is 0 Å². The van der Waals surface area contributed by atoms with E-state index in [2.05, 4.69) is 61.4 Å². The van der Waals surface area contributed by atoms with E-state index < -0.39 is 0 Å². The number of benzene rings is 1. The van der Waals surface area contributed by atoms with Crippen LogP contribution < -0.4 is 5.32 Å². The Labute approximate surface area is 122 Å². The molecule has 0 aliphatic rings. The van der Waals surface area contributed by atoms with Crippen molar-refractivity contribution in [2.75, 3.05) is 0 Å². The minimum Gasteiger partial charge on any atom is -0.304 e. The molecule has 1 unspecified atom stereocenters. The average molecular weight is 268 g/mol. The van der Waals surface area contributed by atoms with Crippen molar-refractivity contribution in [2.24, 2.45) is 0 Å². The maximum atomic E-state index is 4.44. The Morgan fingerprint density at radius 1 is 1.10 bits per heavy atom. The highest BCUT2D eigenvalue weighted by Gasteiger charge is 2.09. The molecule has 1 aromatic heterocycles. The molecule has 0 saturated heterocycles. The maximum absolute atomic E-state index is 4.44. The third kappa shape index (κ3) is 3.67. The van der Waals surface area contributed by atoms with Crippen molar-refractivity contribution in [1.82, 2.24) is 10.3 Å². The van der Waals surface area contributed by atoms with Gasteiger partial charge in [0.2, 0.25) is 0 Å². The highest BCUT2D eigenvalue weighted by molar-refractivity contribution is 5.25. The van der Waals surface area contributed by atoms with Gasteiger partial charge < -0.3 is 5.32 Å². The van der Waals surface area contributed by atoms with Crippen LogP contribution in [0.1, 0.15) is 48.7 Å². The topological polar surface area (TPSA) is 24.9 Å². The standard InChI is InChI=1S/C18H24N2/c1-4-15-8-10-16(11-9-15)17(5-2)20-13-18-14(3)7-6-12-19-18/h6-12,17,20H,4-5,13H2,1-3H3. The number of hydrogen-bond acceptors (Lipinski definition) is 2. The zero-order valence-electron chi connectivity index (χ0n) is 12.7. The van der Waals surface area contributed by atoms with E-state index >= 15 is 0 Å². The second-order valence-electron chi connectivity index (χ2n) is 5.20. The lowest BCUT2D eigenvalue weighted by molar-refractivity contribution is 0.513. The summed E-state index contributed by atoms with van der Waals surface area (Å²) in [5.41, 5.74) is 5.13. The molecule has 0 aliphatic carbocycles. The van der Waals surface area contributed by atoms with Gasteiger partial charge in [0.25, 0.3) is 0 Å². The number of aryl methyl sites for hydroxylation is 2. The zero-order chi connectivity index (χ0) is 14.4. The quantitative estimate of drug-likeness (QED) is 0.849. The predicted molar refractivity (Wildman–Crippen MR) is 84.7 cm³/mol. The van der Waals surface area contributed by atoms with E-state index in [1.807, 2.05) is 12.3 Å². The van der Waals surface area contributed by atoms with Gasteiger partial charge in [-0.05, 0) is 42.5 Å². The number of rotatable bonds is 6. The number of pyridine rings is 1. The Kier molecular flexibility index (Phi) is 5.31. The van der Waals surface area contributed by atoms with Gasteiger partial charge in [-0.2, -0.15) is 0 Å². The van der Waals surface area contributed by atoms with E-state index in [0.717, 1.165) is 25.1 Å². The first kappa shape index (κ1) is 14.7. The highest BCUT2D eigenvalue weighted by atomic mass is 14.9. The van der Waals surface area contributed by atoms with Crippen molar-refractivity contribution >= 4 is 0 Å². The molecule has 0 bridgehead atoms. The fourth-order valence-corrected chi connectivity index (χ4v) is 2.41. The summed E-state index contributed by atoms with van der Waals surface area (Å²) in [6.45, 7) is 7.34. The van der Waals surface area contributed by atoms with Crippen LogP contribution in [0.25, 0.3) is 0 Å². The van der Waals surface area contributed by atoms with Crippen molar-refractivity contribution in [1.29, 1.82) is 0 Å². The number of nitrogens with zero attached hydrogens (tertiary/aromatic N) is 1. The van der Waals surface area contributed by atoms with Crippen LogP contribution >= 0.6 is 0 Å². The molecular weight excluding hydrogens is 244 g/mol. The lowest BCUT2D eigenvalue weighted by atomic mass is 10.0. The molecule has 2 aromatic rings. The maximum Gasteiger partial charge on any atom is 0.0570 e. The van der Waals surface area contributed by atoms with E-state index in [1.54, 1.807) is 0 Å². The molecule has 2 heteroatoms. The fourth-order valence-electron chi connectivity index (χ4n) is 2.41. The zero-order valence-corrected chi connectivity index (χ0v) is 12.7.